The van der Waals surface area contributed by atoms with Gasteiger partial charge in [0.05, 0.1) is 5.56 Å². The van der Waals surface area contributed by atoms with Gasteiger partial charge in [0.25, 0.3) is 5.91 Å². The summed E-state index contributed by atoms with van der Waals surface area (Å²) in [4.78, 5) is 21.3. The summed E-state index contributed by atoms with van der Waals surface area (Å²) in [6.45, 7) is 2.93. The van der Waals surface area contributed by atoms with Crippen molar-refractivity contribution in [3.63, 3.8) is 0 Å². The van der Waals surface area contributed by atoms with Crippen LogP contribution in [0, 0.1) is 5.82 Å². The molecule has 4 nitrogen and oxygen atoms in total. The maximum atomic E-state index is 13.2. The van der Waals surface area contributed by atoms with E-state index >= 15 is 0 Å². The Kier molecular flexibility index (Phi) is 6.38. The number of carbonyl (C=O) groups is 1. The number of benzene rings is 1. The summed E-state index contributed by atoms with van der Waals surface area (Å²) in [7, 11) is 1.84. The molecule has 2 heterocycles. The number of aromatic nitrogens is 1. The molecule has 1 fully saturated rings. The van der Waals surface area contributed by atoms with E-state index in [9.17, 15) is 9.18 Å². The molecule has 2 aromatic rings. The maximum absolute atomic E-state index is 13.2. The largest absolute Gasteiger partial charge is 0.339 e. The van der Waals surface area contributed by atoms with E-state index in [4.69, 9.17) is 0 Å². The molecule has 0 unspecified atom stereocenters. The smallest absolute Gasteiger partial charge is 0.254 e. The van der Waals surface area contributed by atoms with Crippen LogP contribution in [0.1, 0.15) is 28.9 Å². The van der Waals surface area contributed by atoms with Gasteiger partial charge < -0.3 is 9.80 Å². The summed E-state index contributed by atoms with van der Waals surface area (Å²) >= 11 is 3.29. The minimum Gasteiger partial charge on any atom is -0.339 e. The molecule has 1 aliphatic rings. The Hall–Kier alpha value is -1.79. The number of halogens is 2. The summed E-state index contributed by atoms with van der Waals surface area (Å²) < 4.78 is 13.7. The quantitative estimate of drug-likeness (QED) is 0.739. The zero-order chi connectivity index (χ0) is 18.5. The van der Waals surface area contributed by atoms with Crippen LogP contribution in [0.25, 0.3) is 0 Å². The molecular formula is C20H23BrFN3O. The van der Waals surface area contributed by atoms with E-state index in [0.29, 0.717) is 10.0 Å². The lowest BCUT2D eigenvalue weighted by Gasteiger charge is -2.36. The number of rotatable bonds is 5. The Morgan fingerprint density at radius 2 is 2.08 bits per heavy atom. The van der Waals surface area contributed by atoms with Crippen molar-refractivity contribution in [3.05, 3.63) is 64.1 Å². The van der Waals surface area contributed by atoms with Crippen LogP contribution in [-0.2, 0) is 6.42 Å². The molecule has 0 spiro atoms. The second-order valence-electron chi connectivity index (χ2n) is 6.68. The predicted molar refractivity (Wildman–Crippen MR) is 104 cm³/mol. The minimum atomic E-state index is -0.350. The van der Waals surface area contributed by atoms with Crippen molar-refractivity contribution in [1.82, 2.24) is 14.8 Å². The summed E-state index contributed by atoms with van der Waals surface area (Å²) in [5, 5.41) is 0. The summed E-state index contributed by atoms with van der Waals surface area (Å²) in [5.41, 5.74) is 1.62. The summed E-state index contributed by atoms with van der Waals surface area (Å²) in [5.74, 6) is -0.416. The topological polar surface area (TPSA) is 36.4 Å². The standard InChI is InChI=1S/C20H23BrFN3O/c1-24(20(26)18-6-5-15(22)14-19(18)21)17-8-12-25(13-9-17)11-7-16-4-2-3-10-23-16/h2-6,10,14,17H,7-9,11-13H2,1H3. The Bertz CT molecular complexity index is 748. The second-order valence-corrected chi connectivity index (χ2v) is 7.54. The molecule has 3 rings (SSSR count). The van der Waals surface area contributed by atoms with E-state index in [1.807, 2.05) is 25.4 Å². The lowest BCUT2D eigenvalue weighted by Crippen LogP contribution is -2.46. The van der Waals surface area contributed by atoms with Crippen molar-refractivity contribution in [2.75, 3.05) is 26.7 Å². The van der Waals surface area contributed by atoms with Crippen molar-refractivity contribution in [2.24, 2.45) is 0 Å². The van der Waals surface area contributed by atoms with Crippen LogP contribution >= 0.6 is 15.9 Å². The molecular weight excluding hydrogens is 397 g/mol. The molecule has 0 aliphatic carbocycles. The van der Waals surface area contributed by atoms with Gasteiger partial charge in [-0.1, -0.05) is 6.07 Å². The number of hydrogen-bond acceptors (Lipinski definition) is 3. The highest BCUT2D eigenvalue weighted by molar-refractivity contribution is 9.10. The fourth-order valence-corrected chi connectivity index (χ4v) is 3.89. The molecule has 26 heavy (non-hydrogen) atoms. The third-order valence-corrected chi connectivity index (χ3v) is 5.65. The zero-order valence-corrected chi connectivity index (χ0v) is 16.5. The summed E-state index contributed by atoms with van der Waals surface area (Å²) in [6.07, 6.45) is 4.67. The number of carbonyl (C=O) groups excluding carboxylic acids is 1. The summed E-state index contributed by atoms with van der Waals surface area (Å²) in [6, 6.07) is 10.4. The van der Waals surface area contributed by atoms with E-state index < -0.39 is 0 Å². The monoisotopic (exact) mass is 419 g/mol. The number of piperidine rings is 1. The van der Waals surface area contributed by atoms with Gasteiger partial charge in [0, 0.05) is 55.5 Å². The van der Waals surface area contributed by atoms with Crippen LogP contribution in [-0.4, -0.2) is 53.4 Å². The van der Waals surface area contributed by atoms with Crippen LogP contribution in [0.4, 0.5) is 4.39 Å². The molecule has 0 radical (unpaired) electrons. The van der Waals surface area contributed by atoms with E-state index in [1.54, 1.807) is 11.0 Å². The molecule has 0 N–H and O–H groups in total. The van der Waals surface area contributed by atoms with Crippen LogP contribution in [0.5, 0.6) is 0 Å². The molecule has 1 aliphatic heterocycles. The molecule has 1 aromatic carbocycles. The van der Waals surface area contributed by atoms with Gasteiger partial charge in [-0.05, 0) is 59.1 Å². The van der Waals surface area contributed by atoms with Crippen LogP contribution < -0.4 is 0 Å². The van der Waals surface area contributed by atoms with Gasteiger partial charge in [0.2, 0.25) is 0 Å². The van der Waals surface area contributed by atoms with Gasteiger partial charge in [0.1, 0.15) is 5.82 Å². The number of hydrogen-bond donors (Lipinski definition) is 0. The van der Waals surface area contributed by atoms with E-state index in [2.05, 4.69) is 31.9 Å². The molecule has 1 amide bonds. The van der Waals surface area contributed by atoms with E-state index in [-0.39, 0.29) is 17.8 Å². The molecule has 1 aromatic heterocycles. The fourth-order valence-electron chi connectivity index (χ4n) is 3.37. The Morgan fingerprint density at radius 1 is 1.31 bits per heavy atom. The van der Waals surface area contributed by atoms with Crippen molar-refractivity contribution in [1.29, 1.82) is 0 Å². The first-order valence-corrected chi connectivity index (χ1v) is 9.68. The third kappa shape index (κ3) is 4.68. The number of pyridine rings is 1. The first-order valence-electron chi connectivity index (χ1n) is 8.89. The SMILES string of the molecule is CN(C(=O)c1ccc(F)cc1Br)C1CCN(CCc2ccccn2)CC1. The van der Waals surface area contributed by atoms with E-state index in [0.717, 1.165) is 44.6 Å². The first kappa shape index (κ1) is 19.0. The van der Waals surface area contributed by atoms with Gasteiger partial charge in [-0.15, -0.1) is 0 Å². The van der Waals surface area contributed by atoms with Crippen LogP contribution in [0.3, 0.4) is 0 Å². The molecule has 6 heteroatoms. The van der Waals surface area contributed by atoms with Gasteiger partial charge in [0.15, 0.2) is 0 Å². The lowest BCUT2D eigenvalue weighted by atomic mass is 10.0. The first-order chi connectivity index (χ1) is 12.5. The number of nitrogens with zero attached hydrogens (tertiary/aromatic N) is 3. The highest BCUT2D eigenvalue weighted by Gasteiger charge is 2.26. The predicted octanol–water partition coefficient (Wildman–Crippen LogP) is 3.76. The van der Waals surface area contributed by atoms with E-state index in [1.165, 1.54) is 12.1 Å². The Labute approximate surface area is 162 Å². The van der Waals surface area contributed by atoms with Crippen LogP contribution in [0.2, 0.25) is 0 Å². The third-order valence-electron chi connectivity index (χ3n) is 5.00. The van der Waals surface area contributed by atoms with Crippen molar-refractivity contribution >= 4 is 21.8 Å². The lowest BCUT2D eigenvalue weighted by molar-refractivity contribution is 0.0642. The normalized spacial score (nSPS) is 15.8. The van der Waals surface area contributed by atoms with Gasteiger partial charge in [-0.3, -0.25) is 9.78 Å². The molecule has 0 bridgehead atoms. The van der Waals surface area contributed by atoms with Gasteiger partial charge in [-0.2, -0.15) is 0 Å². The maximum Gasteiger partial charge on any atom is 0.254 e. The number of amides is 1. The number of likely N-dealkylation sites (tertiary alicyclic amines) is 1. The highest BCUT2D eigenvalue weighted by Crippen LogP contribution is 2.23. The van der Waals surface area contributed by atoms with Crippen molar-refractivity contribution in [3.8, 4) is 0 Å². The molecule has 0 atom stereocenters. The van der Waals surface area contributed by atoms with Crippen molar-refractivity contribution < 1.29 is 9.18 Å². The minimum absolute atomic E-state index is 0.0659. The Balaban J connectivity index is 1.51. The Morgan fingerprint density at radius 3 is 2.73 bits per heavy atom. The zero-order valence-electron chi connectivity index (χ0n) is 14.9. The average Bonchev–Trinajstić information content (AvgIpc) is 2.66. The fraction of sp³-hybridized carbons (Fsp3) is 0.400. The van der Waals surface area contributed by atoms with Crippen molar-refractivity contribution in [2.45, 2.75) is 25.3 Å². The molecule has 138 valence electrons. The van der Waals surface area contributed by atoms with Crippen LogP contribution in [0.15, 0.2) is 47.1 Å². The van der Waals surface area contributed by atoms with Gasteiger partial charge in [-0.25, -0.2) is 4.39 Å². The molecule has 1 saturated heterocycles. The highest BCUT2D eigenvalue weighted by atomic mass is 79.9. The van der Waals surface area contributed by atoms with Gasteiger partial charge >= 0.3 is 0 Å². The average molecular weight is 420 g/mol. The molecule has 0 saturated carbocycles. The second kappa shape index (κ2) is 8.73.